The zero-order valence-corrected chi connectivity index (χ0v) is 14.8. The first-order chi connectivity index (χ1) is 12.1. The Morgan fingerprint density at radius 2 is 1.28 bits per heavy atom. The van der Waals surface area contributed by atoms with Gasteiger partial charge in [-0.25, -0.2) is 0 Å². The number of hydrogen-bond donors (Lipinski definition) is 3. The van der Waals surface area contributed by atoms with Crippen LogP contribution in [0, 0.1) is 11.8 Å². The number of aliphatic carboxylic acids is 2. The normalized spacial score (nSPS) is 13.3. The minimum Gasteiger partial charge on any atom is -0.481 e. The first-order valence-electron chi connectivity index (χ1n) is 9.16. The molecule has 1 rings (SSSR count). The maximum absolute atomic E-state index is 11.6. The molecule has 0 amide bonds. The van der Waals surface area contributed by atoms with Gasteiger partial charge in [0, 0.05) is 6.61 Å². The van der Waals surface area contributed by atoms with Gasteiger partial charge in [-0.05, 0) is 24.8 Å². The topological polar surface area (TPSA) is 94.8 Å². The van der Waals surface area contributed by atoms with Gasteiger partial charge in [0.1, 0.15) is 0 Å². The molecular weight excluding hydrogens is 320 g/mol. The lowest BCUT2D eigenvalue weighted by Crippen LogP contribution is -2.31. The first kappa shape index (κ1) is 21.2. The van der Waals surface area contributed by atoms with Gasteiger partial charge < -0.3 is 15.3 Å². The fourth-order valence-electron chi connectivity index (χ4n) is 3.13. The summed E-state index contributed by atoms with van der Waals surface area (Å²) in [6.07, 6.45) is 7.32. The molecule has 25 heavy (non-hydrogen) atoms. The van der Waals surface area contributed by atoms with Crippen LogP contribution in [0.1, 0.15) is 56.9 Å². The van der Waals surface area contributed by atoms with E-state index in [1.54, 1.807) is 0 Å². The molecule has 2 atom stereocenters. The largest absolute Gasteiger partial charge is 0.481 e. The number of aliphatic hydroxyl groups excluding tert-OH is 1. The molecule has 0 fully saturated rings. The summed E-state index contributed by atoms with van der Waals surface area (Å²) in [5, 5.41) is 27.7. The van der Waals surface area contributed by atoms with Gasteiger partial charge in [-0.2, -0.15) is 0 Å². The summed E-state index contributed by atoms with van der Waals surface area (Å²) < 4.78 is 0. The van der Waals surface area contributed by atoms with Crippen LogP contribution >= 0.6 is 0 Å². The number of carboxylic acid groups (broad SMARTS) is 2. The quantitative estimate of drug-likeness (QED) is 0.444. The monoisotopic (exact) mass is 350 g/mol. The van der Waals surface area contributed by atoms with E-state index in [-0.39, 0.29) is 13.0 Å². The molecule has 5 nitrogen and oxygen atoms in total. The number of hydrogen-bond acceptors (Lipinski definition) is 3. The van der Waals surface area contributed by atoms with Crippen LogP contribution in [0.2, 0.25) is 0 Å². The lowest BCUT2D eigenvalue weighted by molar-refractivity contribution is -0.154. The van der Waals surface area contributed by atoms with Crippen LogP contribution in [0.4, 0.5) is 0 Å². The fraction of sp³-hybridized carbons (Fsp3) is 0.600. The van der Waals surface area contributed by atoms with Crippen LogP contribution < -0.4 is 0 Å². The molecule has 0 aliphatic carbocycles. The molecule has 1 aromatic carbocycles. The van der Waals surface area contributed by atoms with Crippen LogP contribution in [0.15, 0.2) is 30.3 Å². The molecule has 1 aromatic rings. The minimum atomic E-state index is -1.04. The second kappa shape index (κ2) is 12.5. The highest BCUT2D eigenvalue weighted by atomic mass is 16.4. The molecular formula is C20H30O5. The summed E-state index contributed by atoms with van der Waals surface area (Å²) in [4.78, 5) is 23.2. The number of rotatable bonds is 14. The van der Waals surface area contributed by atoms with Gasteiger partial charge >= 0.3 is 11.9 Å². The van der Waals surface area contributed by atoms with Gasteiger partial charge in [-0.1, -0.05) is 68.9 Å². The Labute approximate surface area is 149 Å². The highest BCUT2D eigenvalue weighted by Crippen LogP contribution is 2.24. The van der Waals surface area contributed by atoms with E-state index in [1.165, 1.54) is 0 Å². The van der Waals surface area contributed by atoms with E-state index < -0.39 is 23.8 Å². The van der Waals surface area contributed by atoms with Crippen molar-refractivity contribution >= 4 is 11.9 Å². The Kier molecular flexibility index (Phi) is 10.6. The zero-order valence-electron chi connectivity index (χ0n) is 14.8. The summed E-state index contributed by atoms with van der Waals surface area (Å²) in [6, 6.07) is 9.19. The summed E-state index contributed by atoms with van der Waals surface area (Å²) in [7, 11) is 0. The van der Waals surface area contributed by atoms with E-state index in [0.29, 0.717) is 6.42 Å². The number of benzene rings is 1. The maximum atomic E-state index is 11.6. The number of unbranched alkanes of at least 4 members (excludes halogenated alkanes) is 6. The average molecular weight is 350 g/mol. The van der Waals surface area contributed by atoms with Crippen molar-refractivity contribution in [2.75, 3.05) is 6.61 Å². The molecule has 0 saturated heterocycles. The molecule has 5 heteroatoms. The van der Waals surface area contributed by atoms with Crippen LogP contribution in [-0.2, 0) is 16.0 Å². The molecule has 0 heterocycles. The zero-order chi connectivity index (χ0) is 18.5. The van der Waals surface area contributed by atoms with Crippen LogP contribution in [-0.4, -0.2) is 33.9 Å². The number of aliphatic hydroxyl groups is 1. The Bertz CT molecular complexity index is 500. The fourth-order valence-corrected chi connectivity index (χ4v) is 3.13. The number of carboxylic acids is 2. The van der Waals surface area contributed by atoms with Crippen molar-refractivity contribution in [2.45, 2.75) is 57.8 Å². The smallest absolute Gasteiger partial charge is 0.307 e. The molecule has 140 valence electrons. The predicted molar refractivity (Wildman–Crippen MR) is 96.4 cm³/mol. The highest BCUT2D eigenvalue weighted by molar-refractivity contribution is 5.80. The molecule has 0 spiro atoms. The molecule has 0 radical (unpaired) electrons. The van der Waals surface area contributed by atoms with Crippen molar-refractivity contribution in [3.63, 3.8) is 0 Å². The summed E-state index contributed by atoms with van der Waals surface area (Å²) >= 11 is 0. The molecule has 0 aromatic heterocycles. The van der Waals surface area contributed by atoms with Crippen LogP contribution in [0.25, 0.3) is 0 Å². The van der Waals surface area contributed by atoms with Crippen molar-refractivity contribution in [1.82, 2.24) is 0 Å². The van der Waals surface area contributed by atoms with Crippen molar-refractivity contribution in [3.8, 4) is 0 Å². The second-order valence-electron chi connectivity index (χ2n) is 6.57. The lowest BCUT2D eigenvalue weighted by Gasteiger charge is -2.20. The van der Waals surface area contributed by atoms with Crippen molar-refractivity contribution in [1.29, 1.82) is 0 Å². The summed E-state index contributed by atoms with van der Waals surface area (Å²) in [5.41, 5.74) is 0.852. The molecule has 0 aliphatic heterocycles. The Hall–Kier alpha value is -1.88. The minimum absolute atomic E-state index is 0.234. The Morgan fingerprint density at radius 3 is 1.80 bits per heavy atom. The maximum Gasteiger partial charge on any atom is 0.307 e. The average Bonchev–Trinajstić information content (AvgIpc) is 2.59. The molecule has 0 saturated carbocycles. The SMILES string of the molecule is O=C(O)[C@@H](CCCCCCCCCO)[C@H](Cc1ccccc1)C(=O)O. The van der Waals surface area contributed by atoms with Crippen molar-refractivity contribution in [2.24, 2.45) is 11.8 Å². The molecule has 3 N–H and O–H groups in total. The highest BCUT2D eigenvalue weighted by Gasteiger charge is 2.33. The van der Waals surface area contributed by atoms with E-state index in [0.717, 1.165) is 50.5 Å². The van der Waals surface area contributed by atoms with Gasteiger partial charge in [-0.15, -0.1) is 0 Å². The molecule has 0 aliphatic rings. The summed E-state index contributed by atoms with van der Waals surface area (Å²) in [5.74, 6) is -3.82. The second-order valence-corrected chi connectivity index (χ2v) is 6.57. The van der Waals surface area contributed by atoms with E-state index in [4.69, 9.17) is 5.11 Å². The molecule has 0 unspecified atom stereocenters. The van der Waals surface area contributed by atoms with Crippen molar-refractivity contribution in [3.05, 3.63) is 35.9 Å². The Balaban J connectivity index is 2.46. The number of carbonyl (C=O) groups is 2. The third-order valence-electron chi connectivity index (χ3n) is 4.59. The van der Waals surface area contributed by atoms with Crippen LogP contribution in [0.3, 0.4) is 0 Å². The van der Waals surface area contributed by atoms with Gasteiger partial charge in [0.05, 0.1) is 11.8 Å². The van der Waals surface area contributed by atoms with Gasteiger partial charge in [0.15, 0.2) is 0 Å². The predicted octanol–water partition coefficient (Wildman–Crippen LogP) is 3.74. The van der Waals surface area contributed by atoms with Crippen molar-refractivity contribution < 1.29 is 24.9 Å². The van der Waals surface area contributed by atoms with Gasteiger partial charge in [-0.3, -0.25) is 9.59 Å². The third kappa shape index (κ3) is 8.68. The Morgan fingerprint density at radius 1 is 0.760 bits per heavy atom. The van der Waals surface area contributed by atoms with Crippen LogP contribution in [0.5, 0.6) is 0 Å². The third-order valence-corrected chi connectivity index (χ3v) is 4.59. The first-order valence-corrected chi connectivity index (χ1v) is 9.16. The van der Waals surface area contributed by atoms with E-state index in [2.05, 4.69) is 0 Å². The lowest BCUT2D eigenvalue weighted by atomic mass is 9.83. The van der Waals surface area contributed by atoms with E-state index >= 15 is 0 Å². The standard InChI is InChI=1S/C20H30O5/c21-14-10-5-3-1-2-4-9-13-17(19(22)23)18(20(24)25)15-16-11-7-6-8-12-16/h6-8,11-12,17-18,21H,1-5,9-10,13-15H2,(H,22,23)(H,24,25)/t17-,18-/m0/s1. The molecule has 0 bridgehead atoms. The van der Waals surface area contributed by atoms with Gasteiger partial charge in [0.25, 0.3) is 0 Å². The summed E-state index contributed by atoms with van der Waals surface area (Å²) in [6.45, 7) is 0.234. The van der Waals surface area contributed by atoms with Gasteiger partial charge in [0.2, 0.25) is 0 Å². The van der Waals surface area contributed by atoms with E-state index in [1.807, 2.05) is 30.3 Å². The van der Waals surface area contributed by atoms with E-state index in [9.17, 15) is 19.8 Å².